The van der Waals surface area contributed by atoms with E-state index in [0.29, 0.717) is 0 Å². The number of benzene rings is 1. The van der Waals surface area contributed by atoms with E-state index in [1.165, 1.54) is 0 Å². The van der Waals surface area contributed by atoms with Crippen LogP contribution in [-0.4, -0.2) is 11.4 Å². The number of hydrogen-bond donors (Lipinski definition) is 1. The molecule has 2 rings (SSSR count). The van der Waals surface area contributed by atoms with Crippen LogP contribution in [0.5, 0.6) is 0 Å². The van der Waals surface area contributed by atoms with Gasteiger partial charge in [0.05, 0.1) is 5.71 Å². The van der Waals surface area contributed by atoms with Gasteiger partial charge in [-0.1, -0.05) is 6.07 Å². The van der Waals surface area contributed by atoms with Crippen LogP contribution < -0.4 is 0 Å². The fourth-order valence-electron chi connectivity index (χ4n) is 1.35. The smallest absolute Gasteiger partial charge is 0.153 e. The van der Waals surface area contributed by atoms with Crippen molar-refractivity contribution in [3.63, 3.8) is 0 Å². The third kappa shape index (κ3) is 2.22. The summed E-state index contributed by atoms with van der Waals surface area (Å²) < 4.78 is 52.7. The standard InChI is InChI=1S/C12H6F4N2/c13-7-2-1-3-8(14)12(7)18-6-4-9(15)11(17)10(16)5-6/h1-5,17H. The Balaban J connectivity index is 2.50. The van der Waals surface area contributed by atoms with Gasteiger partial charge in [0.15, 0.2) is 23.3 Å². The van der Waals surface area contributed by atoms with Crippen LogP contribution in [-0.2, 0) is 0 Å². The van der Waals surface area contributed by atoms with Gasteiger partial charge >= 0.3 is 0 Å². The van der Waals surface area contributed by atoms with Crippen LogP contribution in [0.2, 0.25) is 0 Å². The number of halogens is 4. The Labute approximate surface area is 99.5 Å². The molecule has 0 amide bonds. The van der Waals surface area contributed by atoms with E-state index in [0.717, 1.165) is 30.4 Å². The summed E-state index contributed by atoms with van der Waals surface area (Å²) in [6.45, 7) is 0. The number of nitrogens with zero attached hydrogens (tertiary/aromatic N) is 1. The second kappa shape index (κ2) is 4.56. The highest BCUT2D eigenvalue weighted by Crippen LogP contribution is 2.24. The maximum Gasteiger partial charge on any atom is 0.153 e. The third-order valence-electron chi connectivity index (χ3n) is 2.21. The average molecular weight is 254 g/mol. The molecule has 18 heavy (non-hydrogen) atoms. The molecule has 6 heteroatoms. The summed E-state index contributed by atoms with van der Waals surface area (Å²) >= 11 is 0. The monoisotopic (exact) mass is 254 g/mol. The number of para-hydroxylation sites is 1. The maximum atomic E-state index is 13.3. The molecule has 0 aliphatic heterocycles. The first-order valence-corrected chi connectivity index (χ1v) is 4.85. The van der Waals surface area contributed by atoms with Crippen LogP contribution >= 0.6 is 0 Å². The molecule has 92 valence electrons. The summed E-state index contributed by atoms with van der Waals surface area (Å²) in [4.78, 5) is 3.49. The molecule has 1 aliphatic rings. The van der Waals surface area contributed by atoms with Gasteiger partial charge in [0.1, 0.15) is 11.4 Å². The Bertz CT molecular complexity index is 570. The molecule has 0 bridgehead atoms. The largest absolute Gasteiger partial charge is 0.295 e. The number of aliphatic imine (C=N–C) groups is 1. The normalized spacial score (nSPS) is 15.3. The van der Waals surface area contributed by atoms with Gasteiger partial charge in [-0.25, -0.2) is 22.6 Å². The van der Waals surface area contributed by atoms with Gasteiger partial charge in [0, 0.05) is 12.2 Å². The Morgan fingerprint density at radius 1 is 0.889 bits per heavy atom. The number of allylic oxidation sites excluding steroid dienone is 4. The van der Waals surface area contributed by atoms with E-state index in [1.54, 1.807) is 0 Å². The number of nitrogens with one attached hydrogen (secondary N) is 1. The molecule has 1 aromatic rings. The molecule has 0 heterocycles. The molecule has 0 aromatic heterocycles. The molecule has 0 saturated heterocycles. The lowest BCUT2D eigenvalue weighted by Gasteiger charge is -2.06. The van der Waals surface area contributed by atoms with Crippen molar-refractivity contribution in [3.05, 3.63) is 53.6 Å². The summed E-state index contributed by atoms with van der Waals surface area (Å²) in [6, 6.07) is 3.11. The Hall–Kier alpha value is -2.24. The maximum absolute atomic E-state index is 13.3. The van der Waals surface area contributed by atoms with Crippen LogP contribution in [0.1, 0.15) is 0 Å². The minimum atomic E-state index is -1.15. The number of rotatable bonds is 1. The SMILES string of the molecule is N=C1C(F)=CC(=Nc2c(F)cccc2F)C=C1F. The predicted octanol–water partition coefficient (Wildman–Crippen LogP) is 3.78. The van der Waals surface area contributed by atoms with Crippen molar-refractivity contribution in [3.8, 4) is 0 Å². The van der Waals surface area contributed by atoms with E-state index < -0.39 is 34.7 Å². The molecular formula is C12H6F4N2. The second-order valence-electron chi connectivity index (χ2n) is 3.47. The van der Waals surface area contributed by atoms with Crippen LogP contribution in [0.25, 0.3) is 0 Å². The highest BCUT2D eigenvalue weighted by molar-refractivity contribution is 6.21. The van der Waals surface area contributed by atoms with E-state index in [2.05, 4.69) is 4.99 Å². The predicted molar refractivity (Wildman–Crippen MR) is 59.6 cm³/mol. The molecule has 1 aliphatic carbocycles. The van der Waals surface area contributed by atoms with Crippen molar-refractivity contribution in [2.45, 2.75) is 0 Å². The zero-order valence-corrected chi connectivity index (χ0v) is 8.85. The summed E-state index contributed by atoms with van der Waals surface area (Å²) in [5, 5.41) is 6.97. The van der Waals surface area contributed by atoms with Gasteiger partial charge in [-0.15, -0.1) is 0 Å². The van der Waals surface area contributed by atoms with Crippen LogP contribution in [0.15, 0.2) is 47.0 Å². The molecule has 0 unspecified atom stereocenters. The molecule has 0 spiro atoms. The fraction of sp³-hybridized carbons (Fsp3) is 0. The lowest BCUT2D eigenvalue weighted by atomic mass is 10.1. The molecule has 0 saturated carbocycles. The van der Waals surface area contributed by atoms with Gasteiger partial charge in [-0.2, -0.15) is 0 Å². The minimum absolute atomic E-state index is 0.301. The van der Waals surface area contributed by atoms with E-state index >= 15 is 0 Å². The van der Waals surface area contributed by atoms with E-state index in [-0.39, 0.29) is 5.71 Å². The van der Waals surface area contributed by atoms with E-state index in [1.807, 2.05) is 0 Å². The molecular weight excluding hydrogens is 248 g/mol. The van der Waals surface area contributed by atoms with Crippen LogP contribution in [0, 0.1) is 17.0 Å². The Kier molecular flexibility index (Phi) is 3.10. The Morgan fingerprint density at radius 3 is 1.89 bits per heavy atom. The van der Waals surface area contributed by atoms with Crippen molar-refractivity contribution in [1.82, 2.24) is 0 Å². The molecule has 1 N–H and O–H groups in total. The first-order valence-electron chi connectivity index (χ1n) is 4.85. The molecule has 0 atom stereocenters. The second-order valence-corrected chi connectivity index (χ2v) is 3.47. The zero-order valence-electron chi connectivity index (χ0n) is 8.85. The van der Waals surface area contributed by atoms with Crippen LogP contribution in [0.3, 0.4) is 0 Å². The van der Waals surface area contributed by atoms with Crippen molar-refractivity contribution in [1.29, 1.82) is 5.41 Å². The lowest BCUT2D eigenvalue weighted by molar-refractivity contribution is 0.587. The fourth-order valence-corrected chi connectivity index (χ4v) is 1.35. The van der Waals surface area contributed by atoms with E-state index in [9.17, 15) is 17.6 Å². The highest BCUT2D eigenvalue weighted by atomic mass is 19.1. The van der Waals surface area contributed by atoms with Crippen molar-refractivity contribution >= 4 is 17.1 Å². The summed E-state index contributed by atoms with van der Waals surface area (Å²) in [5.41, 5.74) is -1.85. The lowest BCUT2D eigenvalue weighted by Crippen LogP contribution is -2.08. The van der Waals surface area contributed by atoms with E-state index in [4.69, 9.17) is 5.41 Å². The van der Waals surface area contributed by atoms with Gasteiger partial charge in [0.2, 0.25) is 0 Å². The molecule has 2 nitrogen and oxygen atoms in total. The van der Waals surface area contributed by atoms with Crippen molar-refractivity contribution < 1.29 is 17.6 Å². The third-order valence-corrected chi connectivity index (χ3v) is 2.21. The molecule has 0 radical (unpaired) electrons. The molecule has 1 aromatic carbocycles. The summed E-state index contributed by atoms with van der Waals surface area (Å²) in [7, 11) is 0. The topological polar surface area (TPSA) is 36.2 Å². The summed E-state index contributed by atoms with van der Waals surface area (Å²) in [5.74, 6) is -4.17. The average Bonchev–Trinajstić information content (AvgIpc) is 2.31. The Morgan fingerprint density at radius 2 is 1.39 bits per heavy atom. The van der Waals surface area contributed by atoms with Gasteiger partial charge in [-0.05, 0) is 12.1 Å². The number of hydrogen-bond acceptors (Lipinski definition) is 2. The molecule has 0 fully saturated rings. The van der Waals surface area contributed by atoms with Crippen LogP contribution in [0.4, 0.5) is 23.2 Å². The zero-order chi connectivity index (χ0) is 13.3. The van der Waals surface area contributed by atoms with Gasteiger partial charge < -0.3 is 0 Å². The first-order chi connectivity index (χ1) is 8.49. The summed E-state index contributed by atoms with van der Waals surface area (Å²) in [6.07, 6.45) is 1.47. The van der Waals surface area contributed by atoms with Crippen molar-refractivity contribution in [2.24, 2.45) is 4.99 Å². The quantitative estimate of drug-likeness (QED) is 0.585. The van der Waals surface area contributed by atoms with Gasteiger partial charge in [-0.3, -0.25) is 5.41 Å². The minimum Gasteiger partial charge on any atom is -0.295 e. The highest BCUT2D eigenvalue weighted by Gasteiger charge is 2.18. The first kappa shape index (κ1) is 12.2. The van der Waals surface area contributed by atoms with Crippen molar-refractivity contribution in [2.75, 3.05) is 0 Å². The van der Waals surface area contributed by atoms with Gasteiger partial charge in [0.25, 0.3) is 0 Å².